The molecule has 206 valence electrons. The first kappa shape index (κ1) is 27.1. The third kappa shape index (κ3) is 5.73. The fourth-order valence-corrected chi connectivity index (χ4v) is 5.50. The van der Waals surface area contributed by atoms with Crippen molar-refractivity contribution < 1.29 is 38.3 Å². The number of amides is 1. The number of aliphatic hydroxyl groups is 1. The molecule has 2 aromatic carbocycles. The minimum absolute atomic E-state index is 0.0948. The van der Waals surface area contributed by atoms with Crippen molar-refractivity contribution in [2.24, 2.45) is 0 Å². The first-order valence-corrected chi connectivity index (χ1v) is 13.1. The third-order valence-electron chi connectivity index (χ3n) is 7.02. The van der Waals surface area contributed by atoms with Crippen molar-refractivity contribution in [1.29, 1.82) is 0 Å². The van der Waals surface area contributed by atoms with Gasteiger partial charge in [0, 0.05) is 6.54 Å². The fourth-order valence-electron chi connectivity index (χ4n) is 5.50. The molecule has 0 saturated carbocycles. The maximum absolute atomic E-state index is 13.7. The number of hydrogen-bond donors (Lipinski definition) is 1. The molecule has 7 atom stereocenters. The van der Waals surface area contributed by atoms with Gasteiger partial charge in [-0.2, -0.15) is 0 Å². The Balaban J connectivity index is 1.47. The topological polar surface area (TPSA) is 95.9 Å². The molecule has 1 amide bonds. The van der Waals surface area contributed by atoms with Crippen LogP contribution >= 0.6 is 0 Å². The van der Waals surface area contributed by atoms with E-state index in [4.69, 9.17) is 28.4 Å². The highest BCUT2D eigenvalue weighted by Gasteiger charge is 2.63. The van der Waals surface area contributed by atoms with Crippen molar-refractivity contribution in [3.63, 3.8) is 0 Å². The largest absolute Gasteiger partial charge is 0.445 e. The molecule has 0 radical (unpaired) electrons. The van der Waals surface area contributed by atoms with Crippen molar-refractivity contribution in [1.82, 2.24) is 4.90 Å². The van der Waals surface area contributed by atoms with E-state index in [1.807, 2.05) is 88.4 Å². The summed E-state index contributed by atoms with van der Waals surface area (Å²) < 4.78 is 36.9. The van der Waals surface area contributed by atoms with Crippen molar-refractivity contribution in [3.05, 3.63) is 71.8 Å². The van der Waals surface area contributed by atoms with Gasteiger partial charge in [-0.25, -0.2) is 4.79 Å². The number of rotatable bonds is 7. The van der Waals surface area contributed by atoms with E-state index in [1.54, 1.807) is 6.92 Å². The Labute approximate surface area is 223 Å². The van der Waals surface area contributed by atoms with Crippen LogP contribution in [0.5, 0.6) is 0 Å². The number of nitrogens with zero attached hydrogens (tertiary/aromatic N) is 1. The highest BCUT2D eigenvalue weighted by Crippen LogP contribution is 2.45. The lowest BCUT2D eigenvalue weighted by Crippen LogP contribution is -2.64. The molecule has 5 rings (SSSR count). The molecule has 9 heteroatoms. The normalized spacial score (nSPS) is 30.6. The summed E-state index contributed by atoms with van der Waals surface area (Å²) in [6.07, 6.45) is -4.77. The molecule has 3 heterocycles. The molecular weight excluding hydrogens is 490 g/mol. The molecule has 3 aliphatic heterocycles. The Bertz CT molecular complexity index is 1090. The average molecular weight is 528 g/mol. The van der Waals surface area contributed by atoms with Crippen LogP contribution in [0.1, 0.15) is 45.7 Å². The van der Waals surface area contributed by atoms with E-state index in [2.05, 4.69) is 0 Å². The molecule has 0 bridgehead atoms. The van der Waals surface area contributed by atoms with Gasteiger partial charge in [0.2, 0.25) is 0 Å². The van der Waals surface area contributed by atoms with Gasteiger partial charge < -0.3 is 33.5 Å². The minimum Gasteiger partial charge on any atom is -0.445 e. The standard InChI is InChI=1S/C29H37NO8/c1-18(31)21(22-23-24(36-28(2,3)35-23)25-26(34-22)38-29(4,5)37-25)30(16-19-12-8-6-9-13-19)27(32)33-17-20-14-10-7-11-15-20/h6-15,18,21-26,31H,16-17H2,1-5H3/t18-,21-,22-,23+,24+,25-,26-/m1/s1. The zero-order chi connectivity index (χ0) is 27.1. The Hall–Kier alpha value is -2.53. The lowest BCUT2D eigenvalue weighted by Gasteiger charge is -2.45. The van der Waals surface area contributed by atoms with E-state index >= 15 is 0 Å². The molecule has 0 aromatic heterocycles. The summed E-state index contributed by atoms with van der Waals surface area (Å²) in [4.78, 5) is 15.2. The summed E-state index contributed by atoms with van der Waals surface area (Å²) in [5, 5.41) is 11.1. The summed E-state index contributed by atoms with van der Waals surface area (Å²) in [7, 11) is 0. The number of aliphatic hydroxyl groups excluding tert-OH is 1. The summed E-state index contributed by atoms with van der Waals surface area (Å²) in [5.74, 6) is -1.80. The number of ether oxygens (including phenoxy) is 6. The summed E-state index contributed by atoms with van der Waals surface area (Å²) >= 11 is 0. The van der Waals surface area contributed by atoms with Gasteiger partial charge in [-0.1, -0.05) is 60.7 Å². The number of fused-ring (bicyclic) bond motifs is 3. The second-order valence-corrected chi connectivity index (χ2v) is 11.0. The molecule has 0 aliphatic carbocycles. The molecule has 38 heavy (non-hydrogen) atoms. The predicted octanol–water partition coefficient (Wildman–Crippen LogP) is 3.97. The van der Waals surface area contributed by atoms with Crippen LogP contribution in [0, 0.1) is 0 Å². The Kier molecular flexibility index (Phi) is 7.52. The van der Waals surface area contributed by atoms with Crippen molar-refractivity contribution in [2.75, 3.05) is 0 Å². The first-order valence-electron chi connectivity index (χ1n) is 13.1. The Morgan fingerprint density at radius 1 is 0.868 bits per heavy atom. The Morgan fingerprint density at radius 3 is 2.05 bits per heavy atom. The maximum atomic E-state index is 13.7. The van der Waals surface area contributed by atoms with E-state index in [1.165, 1.54) is 4.90 Å². The van der Waals surface area contributed by atoms with Crippen LogP contribution in [0.15, 0.2) is 60.7 Å². The van der Waals surface area contributed by atoms with Gasteiger partial charge in [-0.15, -0.1) is 0 Å². The van der Waals surface area contributed by atoms with Crippen LogP contribution in [0.2, 0.25) is 0 Å². The smallest absolute Gasteiger partial charge is 0.410 e. The number of carbonyl (C=O) groups excluding carboxylic acids is 1. The quantitative estimate of drug-likeness (QED) is 0.578. The number of hydrogen-bond acceptors (Lipinski definition) is 8. The van der Waals surface area contributed by atoms with Crippen LogP contribution in [-0.2, 0) is 41.6 Å². The van der Waals surface area contributed by atoms with Crippen LogP contribution < -0.4 is 0 Å². The van der Waals surface area contributed by atoms with Crippen molar-refractivity contribution >= 4 is 6.09 Å². The monoisotopic (exact) mass is 527 g/mol. The predicted molar refractivity (Wildman–Crippen MR) is 137 cm³/mol. The van der Waals surface area contributed by atoms with Gasteiger partial charge in [0.1, 0.15) is 31.0 Å². The fraction of sp³-hybridized carbons (Fsp3) is 0.552. The molecule has 1 N–H and O–H groups in total. The van der Waals surface area contributed by atoms with E-state index in [-0.39, 0.29) is 13.2 Å². The molecule has 0 spiro atoms. The average Bonchev–Trinajstić information content (AvgIpc) is 3.37. The van der Waals surface area contributed by atoms with Gasteiger partial charge >= 0.3 is 6.09 Å². The number of benzene rings is 2. The van der Waals surface area contributed by atoms with Crippen LogP contribution in [0.25, 0.3) is 0 Å². The molecule has 0 unspecified atom stereocenters. The second kappa shape index (κ2) is 10.6. The molecular formula is C29H37NO8. The summed E-state index contributed by atoms with van der Waals surface area (Å²) in [6, 6.07) is 18.2. The van der Waals surface area contributed by atoms with E-state index in [0.717, 1.165) is 11.1 Å². The summed E-state index contributed by atoms with van der Waals surface area (Å²) in [5.41, 5.74) is 1.74. The van der Waals surface area contributed by atoms with Gasteiger partial charge in [0.05, 0.1) is 12.1 Å². The van der Waals surface area contributed by atoms with Gasteiger partial charge in [0.25, 0.3) is 0 Å². The van der Waals surface area contributed by atoms with Crippen LogP contribution in [-0.4, -0.2) is 70.5 Å². The molecule has 3 saturated heterocycles. The lowest BCUT2D eigenvalue weighted by atomic mass is 9.90. The zero-order valence-electron chi connectivity index (χ0n) is 22.5. The molecule has 9 nitrogen and oxygen atoms in total. The van der Waals surface area contributed by atoms with E-state index < -0.39 is 60.5 Å². The van der Waals surface area contributed by atoms with Crippen molar-refractivity contribution in [3.8, 4) is 0 Å². The first-order chi connectivity index (χ1) is 18.0. The molecule has 3 aliphatic rings. The molecule has 2 aromatic rings. The van der Waals surface area contributed by atoms with Gasteiger partial charge in [0.15, 0.2) is 17.9 Å². The molecule has 3 fully saturated rings. The van der Waals surface area contributed by atoms with Crippen LogP contribution in [0.3, 0.4) is 0 Å². The van der Waals surface area contributed by atoms with Crippen molar-refractivity contribution in [2.45, 2.75) is 102 Å². The Morgan fingerprint density at radius 2 is 1.42 bits per heavy atom. The third-order valence-corrected chi connectivity index (χ3v) is 7.02. The maximum Gasteiger partial charge on any atom is 0.410 e. The SMILES string of the molecule is C[C@@H](O)[C@H]([C@H]1O[C@@H]2OC(C)(C)O[C@@H]2[C@H]2OC(C)(C)O[C@H]21)N(Cc1ccccc1)C(=O)OCc1ccccc1. The lowest BCUT2D eigenvalue weighted by molar-refractivity contribution is -0.251. The van der Waals surface area contributed by atoms with Gasteiger partial charge in [-0.05, 0) is 45.7 Å². The minimum atomic E-state index is -0.993. The van der Waals surface area contributed by atoms with E-state index in [9.17, 15) is 9.90 Å². The van der Waals surface area contributed by atoms with Crippen LogP contribution in [0.4, 0.5) is 4.79 Å². The van der Waals surface area contributed by atoms with E-state index in [0.29, 0.717) is 0 Å². The highest BCUT2D eigenvalue weighted by molar-refractivity contribution is 5.68. The summed E-state index contributed by atoms with van der Waals surface area (Å²) in [6.45, 7) is 9.20. The number of carbonyl (C=O) groups is 1. The van der Waals surface area contributed by atoms with Gasteiger partial charge in [-0.3, -0.25) is 4.90 Å². The zero-order valence-corrected chi connectivity index (χ0v) is 22.5. The second-order valence-electron chi connectivity index (χ2n) is 11.0. The highest BCUT2D eigenvalue weighted by atomic mass is 16.9.